The van der Waals surface area contributed by atoms with Gasteiger partial charge in [0.25, 0.3) is 0 Å². The largest absolute Gasteiger partial charge is 0.259 e. The average molecular weight is 373 g/mol. The predicted octanol–water partition coefficient (Wildman–Crippen LogP) is 4.99. The zero-order valence-corrected chi connectivity index (χ0v) is 14.3. The first-order chi connectivity index (χ1) is 12.1. The summed E-state index contributed by atoms with van der Waals surface area (Å²) in [5.41, 5.74) is 4.32. The molecular weight excluding hydrogens is 362 g/mol. The van der Waals surface area contributed by atoms with Crippen LogP contribution in [0.2, 0.25) is 10.0 Å². The summed E-state index contributed by atoms with van der Waals surface area (Å²) in [6, 6.07) is 10.5. The minimum absolute atomic E-state index is 0.475. The van der Waals surface area contributed by atoms with Crippen molar-refractivity contribution in [2.45, 2.75) is 6.54 Å². The molecule has 0 amide bonds. The van der Waals surface area contributed by atoms with Crippen molar-refractivity contribution in [2.75, 3.05) is 0 Å². The van der Waals surface area contributed by atoms with E-state index in [0.29, 0.717) is 16.6 Å². The normalized spacial score (nSPS) is 11.2. The Morgan fingerprint density at radius 1 is 0.880 bits per heavy atom. The average Bonchev–Trinajstić information content (AvgIpc) is 3.01. The molecular formula is C18H11Cl2FN4. The molecule has 0 spiro atoms. The fourth-order valence-electron chi connectivity index (χ4n) is 2.59. The molecule has 0 bridgehead atoms. The van der Waals surface area contributed by atoms with Gasteiger partial charge in [-0.05, 0) is 35.4 Å². The van der Waals surface area contributed by atoms with Crippen molar-refractivity contribution in [2.24, 2.45) is 0 Å². The van der Waals surface area contributed by atoms with Gasteiger partial charge in [-0.25, -0.2) is 4.98 Å². The second-order valence-corrected chi connectivity index (χ2v) is 6.36. The third-order valence-electron chi connectivity index (χ3n) is 3.87. The van der Waals surface area contributed by atoms with Crippen LogP contribution in [-0.4, -0.2) is 19.7 Å². The Balaban J connectivity index is 1.74. The zero-order chi connectivity index (χ0) is 17.4. The van der Waals surface area contributed by atoms with Crippen molar-refractivity contribution in [1.29, 1.82) is 0 Å². The summed E-state index contributed by atoms with van der Waals surface area (Å²) in [7, 11) is 0. The quantitative estimate of drug-likeness (QED) is 0.476. The summed E-state index contributed by atoms with van der Waals surface area (Å²) in [5, 5.41) is 5.36. The molecule has 0 saturated carbocycles. The molecule has 0 fully saturated rings. The van der Waals surface area contributed by atoms with Crippen LogP contribution < -0.4 is 0 Å². The van der Waals surface area contributed by atoms with E-state index in [-0.39, 0.29) is 0 Å². The summed E-state index contributed by atoms with van der Waals surface area (Å²) >= 11 is 12.1. The van der Waals surface area contributed by atoms with E-state index in [1.165, 1.54) is 12.3 Å². The van der Waals surface area contributed by atoms with Crippen LogP contribution in [0.5, 0.6) is 0 Å². The van der Waals surface area contributed by atoms with Crippen molar-refractivity contribution < 1.29 is 4.39 Å². The summed E-state index contributed by atoms with van der Waals surface area (Å²) in [4.78, 5) is 8.12. The van der Waals surface area contributed by atoms with Crippen molar-refractivity contribution in [3.05, 3.63) is 76.5 Å². The number of pyridine rings is 2. The van der Waals surface area contributed by atoms with Crippen LogP contribution in [0.3, 0.4) is 0 Å². The van der Waals surface area contributed by atoms with Gasteiger partial charge >= 0.3 is 0 Å². The molecule has 3 heterocycles. The van der Waals surface area contributed by atoms with Crippen LogP contribution in [0.25, 0.3) is 22.2 Å². The number of fused-ring (bicyclic) bond motifs is 1. The molecule has 3 aromatic heterocycles. The maximum atomic E-state index is 13.0. The van der Waals surface area contributed by atoms with E-state index >= 15 is 0 Å². The number of hydrogen-bond acceptors (Lipinski definition) is 3. The van der Waals surface area contributed by atoms with E-state index in [2.05, 4.69) is 15.1 Å². The molecule has 0 atom stereocenters. The maximum absolute atomic E-state index is 13.0. The predicted molar refractivity (Wildman–Crippen MR) is 96.3 cm³/mol. The van der Waals surface area contributed by atoms with Crippen molar-refractivity contribution >= 4 is 34.2 Å². The fourth-order valence-corrected chi connectivity index (χ4v) is 2.89. The summed E-state index contributed by atoms with van der Waals surface area (Å²) in [5.74, 6) is -0.502. The first kappa shape index (κ1) is 16.0. The van der Waals surface area contributed by atoms with Crippen molar-refractivity contribution in [1.82, 2.24) is 19.7 Å². The molecule has 4 nitrogen and oxygen atoms in total. The van der Waals surface area contributed by atoms with Gasteiger partial charge in [-0.15, -0.1) is 0 Å². The molecule has 0 aliphatic rings. The first-order valence-corrected chi connectivity index (χ1v) is 8.23. The van der Waals surface area contributed by atoms with E-state index in [1.54, 1.807) is 35.3 Å². The molecule has 0 aliphatic heterocycles. The second kappa shape index (κ2) is 6.43. The molecule has 4 rings (SSSR count). The van der Waals surface area contributed by atoms with E-state index < -0.39 is 5.95 Å². The van der Waals surface area contributed by atoms with Gasteiger partial charge in [0.1, 0.15) is 5.52 Å². The third-order valence-corrected chi connectivity index (χ3v) is 4.61. The molecule has 1 aromatic carbocycles. The number of halogens is 3. The van der Waals surface area contributed by atoms with Gasteiger partial charge in [-0.2, -0.15) is 9.49 Å². The van der Waals surface area contributed by atoms with Gasteiger partial charge in [0, 0.05) is 18.0 Å². The summed E-state index contributed by atoms with van der Waals surface area (Å²) in [6.07, 6.45) is 4.97. The monoisotopic (exact) mass is 372 g/mol. The molecule has 7 heteroatoms. The Morgan fingerprint density at radius 3 is 2.52 bits per heavy atom. The smallest absolute Gasteiger partial charge is 0.212 e. The Labute approximate surface area is 152 Å². The van der Waals surface area contributed by atoms with Gasteiger partial charge in [-0.1, -0.05) is 35.3 Å². The zero-order valence-electron chi connectivity index (χ0n) is 12.8. The third kappa shape index (κ3) is 3.21. The lowest BCUT2D eigenvalue weighted by atomic mass is 10.1. The molecule has 124 valence electrons. The van der Waals surface area contributed by atoms with Crippen LogP contribution in [0.15, 0.2) is 55.0 Å². The molecule has 0 saturated heterocycles. The van der Waals surface area contributed by atoms with Crippen LogP contribution in [0, 0.1) is 5.95 Å². The van der Waals surface area contributed by atoms with E-state index in [4.69, 9.17) is 23.2 Å². The van der Waals surface area contributed by atoms with Crippen LogP contribution in [-0.2, 0) is 6.54 Å². The van der Waals surface area contributed by atoms with E-state index in [9.17, 15) is 4.39 Å². The molecule has 0 radical (unpaired) electrons. The number of aromatic nitrogens is 4. The van der Waals surface area contributed by atoms with Gasteiger partial charge in [-0.3, -0.25) is 9.67 Å². The topological polar surface area (TPSA) is 43.6 Å². The lowest BCUT2D eigenvalue weighted by Crippen LogP contribution is -2.02. The molecule has 4 aromatic rings. The molecule has 25 heavy (non-hydrogen) atoms. The number of nitrogens with zero attached hydrogens (tertiary/aromatic N) is 4. The van der Waals surface area contributed by atoms with Crippen molar-refractivity contribution in [3.8, 4) is 11.1 Å². The molecule has 0 N–H and O–H groups in total. The number of hydrogen-bond donors (Lipinski definition) is 0. The van der Waals surface area contributed by atoms with Gasteiger partial charge in [0.05, 0.1) is 28.3 Å². The van der Waals surface area contributed by atoms with E-state index in [1.807, 2.05) is 12.1 Å². The standard InChI is InChI=1S/C18H11Cl2FN4/c19-14-3-2-12(5-15(14)20)13-6-17-16(22-8-13)9-24-25(17)10-11-1-4-18(21)23-7-11/h1-9H,10H2. The number of rotatable bonds is 3. The highest BCUT2D eigenvalue weighted by atomic mass is 35.5. The highest BCUT2D eigenvalue weighted by Gasteiger charge is 2.09. The highest BCUT2D eigenvalue weighted by molar-refractivity contribution is 6.42. The Hall–Kier alpha value is -2.50. The Bertz CT molecular complexity index is 1060. The fraction of sp³-hybridized carbons (Fsp3) is 0.0556. The minimum Gasteiger partial charge on any atom is -0.259 e. The molecule has 0 unspecified atom stereocenters. The Kier molecular flexibility index (Phi) is 4.11. The van der Waals surface area contributed by atoms with Gasteiger partial charge < -0.3 is 0 Å². The van der Waals surface area contributed by atoms with Crippen LogP contribution in [0.1, 0.15) is 5.56 Å². The SMILES string of the molecule is Fc1ccc(Cn2ncc3ncc(-c4ccc(Cl)c(Cl)c4)cc32)cn1. The van der Waals surface area contributed by atoms with Crippen LogP contribution in [0.4, 0.5) is 4.39 Å². The van der Waals surface area contributed by atoms with Gasteiger partial charge in [0.2, 0.25) is 5.95 Å². The Morgan fingerprint density at radius 2 is 1.76 bits per heavy atom. The van der Waals surface area contributed by atoms with E-state index in [0.717, 1.165) is 27.7 Å². The second-order valence-electron chi connectivity index (χ2n) is 5.55. The van der Waals surface area contributed by atoms with Crippen LogP contribution >= 0.6 is 23.2 Å². The number of benzene rings is 1. The van der Waals surface area contributed by atoms with Crippen molar-refractivity contribution in [3.63, 3.8) is 0 Å². The lowest BCUT2D eigenvalue weighted by molar-refractivity contribution is 0.580. The van der Waals surface area contributed by atoms with Gasteiger partial charge in [0.15, 0.2) is 0 Å². The summed E-state index contributed by atoms with van der Waals surface area (Å²) < 4.78 is 14.8. The minimum atomic E-state index is -0.502. The highest BCUT2D eigenvalue weighted by Crippen LogP contribution is 2.29. The maximum Gasteiger partial charge on any atom is 0.212 e. The molecule has 0 aliphatic carbocycles. The lowest BCUT2D eigenvalue weighted by Gasteiger charge is -2.06. The summed E-state index contributed by atoms with van der Waals surface area (Å²) in [6.45, 7) is 0.475. The first-order valence-electron chi connectivity index (χ1n) is 7.47.